The van der Waals surface area contributed by atoms with Gasteiger partial charge in [0.25, 0.3) is 5.91 Å². The van der Waals surface area contributed by atoms with E-state index in [1.807, 2.05) is 24.3 Å². The Morgan fingerprint density at radius 2 is 2.16 bits per heavy atom. The number of sulfonamides is 1. The zero-order valence-electron chi connectivity index (χ0n) is 13.8. The molecule has 2 N–H and O–H groups in total. The summed E-state index contributed by atoms with van der Waals surface area (Å²) in [4.78, 5) is 11.5. The van der Waals surface area contributed by atoms with Gasteiger partial charge in [-0.05, 0) is 30.0 Å². The minimum absolute atomic E-state index is 0.0171. The maximum Gasteiger partial charge on any atom is 0.265 e. The summed E-state index contributed by atoms with van der Waals surface area (Å²) in [5.74, 6) is 1.76. The Hall–Kier alpha value is -2.56. The average molecular weight is 357 g/mol. The van der Waals surface area contributed by atoms with Crippen LogP contribution in [0.5, 0.6) is 0 Å². The molecule has 7 heteroatoms. The number of hydrogen-bond donors (Lipinski definition) is 1. The maximum atomic E-state index is 13.2. The molecule has 6 nitrogen and oxygen atoms in total. The van der Waals surface area contributed by atoms with Crippen LogP contribution in [-0.2, 0) is 23.5 Å². The van der Waals surface area contributed by atoms with E-state index in [0.717, 1.165) is 17.5 Å². The molecule has 0 unspecified atom stereocenters. The summed E-state index contributed by atoms with van der Waals surface area (Å²) in [7, 11) is -2.28. The largest absolute Gasteiger partial charge is 0.364 e. The van der Waals surface area contributed by atoms with Gasteiger partial charge in [0.15, 0.2) is 0 Å². The molecule has 0 fully saturated rings. The third-order valence-electron chi connectivity index (χ3n) is 4.53. The zero-order valence-corrected chi connectivity index (χ0v) is 14.7. The quantitative estimate of drug-likeness (QED) is 0.822. The van der Waals surface area contributed by atoms with Gasteiger partial charge in [-0.3, -0.25) is 4.79 Å². The number of aryl methyl sites for hydroxylation is 2. The van der Waals surface area contributed by atoms with E-state index in [-0.39, 0.29) is 23.2 Å². The highest BCUT2D eigenvalue weighted by molar-refractivity contribution is 7.89. The van der Waals surface area contributed by atoms with Gasteiger partial charge in [0.05, 0.1) is 12.6 Å². The highest BCUT2D eigenvalue weighted by Crippen LogP contribution is 2.38. The summed E-state index contributed by atoms with van der Waals surface area (Å²) in [6, 6.07) is 8.76. The summed E-state index contributed by atoms with van der Waals surface area (Å²) >= 11 is 0. The van der Waals surface area contributed by atoms with Crippen molar-refractivity contribution in [3.63, 3.8) is 0 Å². The van der Waals surface area contributed by atoms with Gasteiger partial charge in [-0.15, -0.1) is 6.42 Å². The first-order valence-corrected chi connectivity index (χ1v) is 9.29. The third-order valence-corrected chi connectivity index (χ3v) is 6.35. The van der Waals surface area contributed by atoms with Gasteiger partial charge < -0.3 is 10.3 Å². The number of nitrogens with zero attached hydrogens (tertiary/aromatic N) is 2. The molecule has 0 saturated carbocycles. The van der Waals surface area contributed by atoms with Gasteiger partial charge in [-0.25, -0.2) is 8.42 Å². The van der Waals surface area contributed by atoms with E-state index in [1.54, 1.807) is 7.05 Å². The van der Waals surface area contributed by atoms with Crippen molar-refractivity contribution >= 4 is 15.9 Å². The number of fused-ring (bicyclic) bond motifs is 1. The fourth-order valence-corrected chi connectivity index (χ4v) is 4.96. The van der Waals surface area contributed by atoms with Crippen LogP contribution in [-0.4, -0.2) is 29.7 Å². The molecule has 0 bridgehead atoms. The second-order valence-corrected chi connectivity index (χ2v) is 7.93. The fourth-order valence-electron chi connectivity index (χ4n) is 3.34. The van der Waals surface area contributed by atoms with Gasteiger partial charge in [-0.1, -0.05) is 30.2 Å². The third kappa shape index (κ3) is 2.95. The molecule has 1 aromatic heterocycles. The number of aromatic nitrogens is 1. The summed E-state index contributed by atoms with van der Waals surface area (Å²) in [5.41, 5.74) is 7.54. The molecule has 2 aromatic rings. The molecular weight excluding hydrogens is 338 g/mol. The Morgan fingerprint density at radius 1 is 1.44 bits per heavy atom. The zero-order chi connectivity index (χ0) is 18.2. The molecule has 130 valence electrons. The summed E-state index contributed by atoms with van der Waals surface area (Å²) in [6.45, 7) is -0.0396. The lowest BCUT2D eigenvalue weighted by Crippen LogP contribution is -2.34. The van der Waals surface area contributed by atoms with Gasteiger partial charge in [0.1, 0.15) is 10.6 Å². The maximum absolute atomic E-state index is 13.2. The van der Waals surface area contributed by atoms with Crippen LogP contribution in [0, 0.1) is 12.3 Å². The van der Waals surface area contributed by atoms with Crippen LogP contribution in [0.15, 0.2) is 41.4 Å². The Bertz CT molecular complexity index is 970. The molecule has 1 aliphatic carbocycles. The van der Waals surface area contributed by atoms with E-state index in [9.17, 15) is 13.2 Å². The Morgan fingerprint density at radius 3 is 2.80 bits per heavy atom. The van der Waals surface area contributed by atoms with Crippen LogP contribution in [0.3, 0.4) is 0 Å². The Kier molecular flexibility index (Phi) is 4.41. The van der Waals surface area contributed by atoms with Crippen LogP contribution < -0.4 is 5.73 Å². The van der Waals surface area contributed by atoms with E-state index >= 15 is 0 Å². The van der Waals surface area contributed by atoms with Crippen LogP contribution in [0.25, 0.3) is 0 Å². The van der Waals surface area contributed by atoms with Crippen molar-refractivity contribution in [2.24, 2.45) is 12.8 Å². The number of amides is 1. The number of carbonyl (C=O) groups is 1. The lowest BCUT2D eigenvalue weighted by Gasteiger charge is -2.26. The number of nitrogens with two attached hydrogens (primary N) is 1. The van der Waals surface area contributed by atoms with Crippen molar-refractivity contribution in [2.75, 3.05) is 6.54 Å². The van der Waals surface area contributed by atoms with Crippen LogP contribution in [0.2, 0.25) is 0 Å². The van der Waals surface area contributed by atoms with Gasteiger partial charge in [0.2, 0.25) is 10.0 Å². The number of hydrogen-bond acceptors (Lipinski definition) is 3. The van der Waals surface area contributed by atoms with Crippen molar-refractivity contribution in [1.29, 1.82) is 0 Å². The Labute approximate surface area is 147 Å². The first-order chi connectivity index (χ1) is 11.9. The molecule has 1 aliphatic rings. The molecule has 1 heterocycles. The van der Waals surface area contributed by atoms with Crippen LogP contribution >= 0.6 is 0 Å². The molecule has 0 saturated heterocycles. The lowest BCUT2D eigenvalue weighted by molar-refractivity contribution is 0.0992. The van der Waals surface area contributed by atoms with E-state index < -0.39 is 15.9 Å². The van der Waals surface area contributed by atoms with E-state index in [0.29, 0.717) is 6.42 Å². The summed E-state index contributed by atoms with van der Waals surface area (Å²) in [5, 5.41) is 0. The molecule has 1 atom stereocenters. The van der Waals surface area contributed by atoms with Gasteiger partial charge >= 0.3 is 0 Å². The second-order valence-electron chi connectivity index (χ2n) is 6.04. The molecule has 25 heavy (non-hydrogen) atoms. The monoisotopic (exact) mass is 357 g/mol. The highest BCUT2D eigenvalue weighted by atomic mass is 32.2. The van der Waals surface area contributed by atoms with Gasteiger partial charge in [-0.2, -0.15) is 4.31 Å². The lowest BCUT2D eigenvalue weighted by atomic mass is 10.1. The average Bonchev–Trinajstić information content (AvgIpc) is 3.16. The smallest absolute Gasteiger partial charge is 0.265 e. The minimum Gasteiger partial charge on any atom is -0.364 e. The molecule has 1 amide bonds. The van der Waals surface area contributed by atoms with Crippen molar-refractivity contribution < 1.29 is 13.2 Å². The topological polar surface area (TPSA) is 85.4 Å². The summed E-state index contributed by atoms with van der Waals surface area (Å²) < 4.78 is 29.1. The van der Waals surface area contributed by atoms with Crippen molar-refractivity contribution in [1.82, 2.24) is 8.87 Å². The van der Waals surface area contributed by atoms with E-state index in [4.69, 9.17) is 12.2 Å². The van der Waals surface area contributed by atoms with Crippen LogP contribution in [0.4, 0.5) is 0 Å². The molecule has 0 radical (unpaired) electrons. The number of terminal acetylenes is 1. The number of benzene rings is 1. The van der Waals surface area contributed by atoms with Crippen molar-refractivity contribution in [2.45, 2.75) is 23.8 Å². The normalized spacial score (nSPS) is 16.6. The highest BCUT2D eigenvalue weighted by Gasteiger charge is 2.36. The molecule has 0 spiro atoms. The fraction of sp³-hybridized carbons (Fsp3) is 0.278. The number of rotatable bonds is 5. The predicted octanol–water partition coefficient (Wildman–Crippen LogP) is 1.44. The second kappa shape index (κ2) is 6.39. The van der Waals surface area contributed by atoms with E-state index in [1.165, 1.54) is 21.1 Å². The first-order valence-electron chi connectivity index (χ1n) is 7.85. The molecule has 0 aliphatic heterocycles. The number of primary amides is 1. The summed E-state index contributed by atoms with van der Waals surface area (Å²) in [6.07, 6.45) is 8.31. The Balaban J connectivity index is 2.05. The SMILES string of the molecule is C#CCN([C@H]1CCc2ccccc21)S(=O)(=O)c1cc(C(N)=O)n(C)c1. The molecule has 1 aromatic carbocycles. The van der Waals surface area contributed by atoms with E-state index in [2.05, 4.69) is 5.92 Å². The molecule has 3 rings (SSSR count). The predicted molar refractivity (Wildman–Crippen MR) is 94.2 cm³/mol. The van der Waals surface area contributed by atoms with Crippen molar-refractivity contribution in [3.05, 3.63) is 53.3 Å². The minimum atomic E-state index is -3.86. The van der Waals surface area contributed by atoms with Crippen molar-refractivity contribution in [3.8, 4) is 12.3 Å². The molecular formula is C18H19N3O3S. The van der Waals surface area contributed by atoms with Crippen LogP contribution in [0.1, 0.15) is 34.1 Å². The first kappa shape index (κ1) is 17.3. The number of carbonyl (C=O) groups excluding carboxylic acids is 1. The standard InChI is InChI=1S/C18H19N3O3S/c1-3-10-21(16-9-8-13-6-4-5-7-15(13)16)25(23,24)14-11-17(18(19)22)20(2)12-14/h1,4-7,11-12,16H,8-10H2,2H3,(H2,19,22)/t16-/m0/s1. The van der Waals surface area contributed by atoms with Gasteiger partial charge in [0, 0.05) is 13.2 Å².